The minimum Gasteiger partial charge on any atom is -0.364 e. The monoisotopic (exact) mass is 345 g/mol. The molecule has 0 aliphatic carbocycles. The molecule has 0 saturated carbocycles. The maximum Gasteiger partial charge on any atom is 0.243 e. The molecule has 1 aromatic heterocycles. The van der Waals surface area contributed by atoms with E-state index in [4.69, 9.17) is 5.26 Å². The molecule has 1 heterocycles. The zero-order valence-electron chi connectivity index (χ0n) is 13.8. The van der Waals surface area contributed by atoms with Crippen LogP contribution < -0.4 is 5.32 Å². The highest BCUT2D eigenvalue weighted by Gasteiger charge is 2.22. The molecule has 24 heavy (non-hydrogen) atoms. The highest BCUT2D eigenvalue weighted by Crippen LogP contribution is 2.18. The van der Waals surface area contributed by atoms with Crippen LogP contribution in [-0.4, -0.2) is 35.8 Å². The van der Waals surface area contributed by atoms with E-state index in [9.17, 15) is 8.42 Å². The molecule has 126 valence electrons. The molecule has 0 aliphatic heterocycles. The minimum absolute atomic E-state index is 0.114. The van der Waals surface area contributed by atoms with Crippen LogP contribution in [0.5, 0.6) is 0 Å². The van der Waals surface area contributed by atoms with Gasteiger partial charge in [0.25, 0.3) is 0 Å². The molecule has 0 aliphatic rings. The molecule has 2 rings (SSSR count). The fraction of sp³-hybridized carbons (Fsp3) is 0.312. The summed E-state index contributed by atoms with van der Waals surface area (Å²) in [6.45, 7) is 4.06. The summed E-state index contributed by atoms with van der Waals surface area (Å²) in [5, 5.41) is 12.0. The van der Waals surface area contributed by atoms with Crippen molar-refractivity contribution in [2.24, 2.45) is 0 Å². The van der Waals surface area contributed by atoms with Crippen molar-refractivity contribution in [2.45, 2.75) is 31.3 Å². The number of nitriles is 1. The van der Waals surface area contributed by atoms with Gasteiger partial charge in [-0.3, -0.25) is 0 Å². The van der Waals surface area contributed by atoms with Crippen molar-refractivity contribution >= 4 is 15.8 Å². The molecule has 0 atom stereocenters. The first kappa shape index (κ1) is 17.8. The molecule has 0 amide bonds. The quantitative estimate of drug-likeness (QED) is 0.859. The number of rotatable bonds is 6. The van der Waals surface area contributed by atoms with Gasteiger partial charge in [-0.05, 0) is 31.5 Å². The topological polar surface area (TPSA) is 99.0 Å². The third-order valence-corrected chi connectivity index (χ3v) is 5.64. The third kappa shape index (κ3) is 3.88. The fourth-order valence-electron chi connectivity index (χ4n) is 1.96. The molecular formula is C16H19N5O2S. The Bertz CT molecular complexity index is 842. The summed E-state index contributed by atoms with van der Waals surface area (Å²) in [5.41, 5.74) is 1.09. The Morgan fingerprint density at radius 1 is 1.21 bits per heavy atom. The van der Waals surface area contributed by atoms with Crippen molar-refractivity contribution in [1.29, 1.82) is 5.26 Å². The van der Waals surface area contributed by atoms with Gasteiger partial charge in [-0.1, -0.05) is 12.1 Å². The molecule has 0 fully saturated rings. The molecule has 0 spiro atoms. The molecule has 0 unspecified atom stereocenters. The summed E-state index contributed by atoms with van der Waals surface area (Å²) in [6, 6.07) is 8.47. The molecular weight excluding hydrogens is 326 g/mol. The summed E-state index contributed by atoms with van der Waals surface area (Å²) in [6.07, 6.45) is 2.95. The molecule has 2 aromatic rings. The highest BCUT2D eigenvalue weighted by molar-refractivity contribution is 7.89. The van der Waals surface area contributed by atoms with Gasteiger partial charge in [0.15, 0.2) is 11.5 Å². The lowest BCUT2D eigenvalue weighted by molar-refractivity contribution is 0.410. The minimum atomic E-state index is -3.49. The predicted molar refractivity (Wildman–Crippen MR) is 90.6 cm³/mol. The standard InChI is InChI=1S/C16H19N5O2S/c1-12(2)21(3)24(22,23)14-6-4-13(5-7-14)11-20-16-15(10-17)18-8-9-19-16/h4-9,12H,11H2,1-3H3,(H,19,20). The van der Waals surface area contributed by atoms with Crippen LogP contribution in [0, 0.1) is 11.3 Å². The van der Waals surface area contributed by atoms with Crippen LogP contribution >= 0.6 is 0 Å². The first-order chi connectivity index (χ1) is 11.4. The van der Waals surface area contributed by atoms with Crippen molar-refractivity contribution < 1.29 is 8.42 Å². The zero-order valence-corrected chi connectivity index (χ0v) is 14.6. The second kappa shape index (κ2) is 7.38. The Hall–Kier alpha value is -2.50. The summed E-state index contributed by atoms with van der Waals surface area (Å²) in [5.74, 6) is 0.399. The first-order valence-corrected chi connectivity index (χ1v) is 8.82. The SMILES string of the molecule is CC(C)N(C)S(=O)(=O)c1ccc(CNc2nccnc2C#N)cc1. The van der Waals surface area contributed by atoms with E-state index >= 15 is 0 Å². The van der Waals surface area contributed by atoms with Gasteiger partial charge in [0.2, 0.25) is 10.0 Å². The van der Waals surface area contributed by atoms with E-state index in [1.807, 2.05) is 19.9 Å². The summed E-state index contributed by atoms with van der Waals surface area (Å²) >= 11 is 0. The van der Waals surface area contributed by atoms with E-state index in [0.29, 0.717) is 12.4 Å². The van der Waals surface area contributed by atoms with Gasteiger partial charge < -0.3 is 5.32 Å². The molecule has 1 N–H and O–H groups in total. The molecule has 0 bridgehead atoms. The van der Waals surface area contributed by atoms with Crippen LogP contribution in [0.2, 0.25) is 0 Å². The van der Waals surface area contributed by atoms with Crippen LogP contribution in [0.1, 0.15) is 25.1 Å². The van der Waals surface area contributed by atoms with Crippen LogP contribution in [0.25, 0.3) is 0 Å². The van der Waals surface area contributed by atoms with Crippen LogP contribution in [-0.2, 0) is 16.6 Å². The Morgan fingerprint density at radius 2 is 1.83 bits per heavy atom. The van der Waals surface area contributed by atoms with Crippen molar-refractivity contribution in [3.8, 4) is 6.07 Å². The largest absolute Gasteiger partial charge is 0.364 e. The number of nitrogens with zero attached hydrogens (tertiary/aromatic N) is 4. The number of sulfonamides is 1. The number of nitrogens with one attached hydrogen (secondary N) is 1. The number of hydrogen-bond acceptors (Lipinski definition) is 6. The van der Waals surface area contributed by atoms with Crippen LogP contribution in [0.15, 0.2) is 41.6 Å². The van der Waals surface area contributed by atoms with Gasteiger partial charge in [0.05, 0.1) is 4.90 Å². The highest BCUT2D eigenvalue weighted by atomic mass is 32.2. The smallest absolute Gasteiger partial charge is 0.243 e. The fourth-order valence-corrected chi connectivity index (χ4v) is 3.33. The first-order valence-electron chi connectivity index (χ1n) is 7.38. The number of hydrogen-bond donors (Lipinski definition) is 1. The van der Waals surface area contributed by atoms with E-state index in [1.165, 1.54) is 16.7 Å². The average Bonchev–Trinajstić information content (AvgIpc) is 2.59. The Labute approximate surface area is 142 Å². The normalized spacial score (nSPS) is 11.5. The van der Waals surface area contributed by atoms with Gasteiger partial charge in [0, 0.05) is 32.0 Å². The second-order valence-corrected chi connectivity index (χ2v) is 7.48. The molecule has 8 heteroatoms. The predicted octanol–water partition coefficient (Wildman–Crippen LogP) is 1.99. The number of anilines is 1. The van der Waals surface area contributed by atoms with E-state index in [1.54, 1.807) is 31.3 Å². The van der Waals surface area contributed by atoms with E-state index in [2.05, 4.69) is 15.3 Å². The Morgan fingerprint density at radius 3 is 2.42 bits per heavy atom. The van der Waals surface area contributed by atoms with Crippen molar-refractivity contribution in [2.75, 3.05) is 12.4 Å². The lowest BCUT2D eigenvalue weighted by Gasteiger charge is -2.21. The maximum absolute atomic E-state index is 12.4. The maximum atomic E-state index is 12.4. The van der Waals surface area contributed by atoms with Gasteiger partial charge in [0.1, 0.15) is 6.07 Å². The number of aromatic nitrogens is 2. The molecule has 0 radical (unpaired) electrons. The van der Waals surface area contributed by atoms with Gasteiger partial charge in [-0.15, -0.1) is 0 Å². The molecule has 0 saturated heterocycles. The lowest BCUT2D eigenvalue weighted by atomic mass is 10.2. The van der Waals surface area contributed by atoms with E-state index in [-0.39, 0.29) is 16.6 Å². The summed E-state index contributed by atoms with van der Waals surface area (Å²) in [7, 11) is -1.92. The number of benzene rings is 1. The Balaban J connectivity index is 2.12. The second-order valence-electron chi connectivity index (χ2n) is 5.48. The van der Waals surface area contributed by atoms with E-state index in [0.717, 1.165) is 5.56 Å². The van der Waals surface area contributed by atoms with Crippen LogP contribution in [0.4, 0.5) is 5.82 Å². The zero-order chi connectivity index (χ0) is 17.7. The molecule has 1 aromatic carbocycles. The van der Waals surface area contributed by atoms with Crippen LogP contribution in [0.3, 0.4) is 0 Å². The lowest BCUT2D eigenvalue weighted by Crippen LogP contribution is -2.33. The molecule has 7 nitrogen and oxygen atoms in total. The van der Waals surface area contributed by atoms with Crippen molar-refractivity contribution in [1.82, 2.24) is 14.3 Å². The Kier molecular flexibility index (Phi) is 5.49. The van der Waals surface area contributed by atoms with Gasteiger partial charge >= 0.3 is 0 Å². The summed E-state index contributed by atoms with van der Waals surface area (Å²) < 4.78 is 26.1. The van der Waals surface area contributed by atoms with Crippen molar-refractivity contribution in [3.63, 3.8) is 0 Å². The third-order valence-electron chi connectivity index (χ3n) is 3.59. The van der Waals surface area contributed by atoms with E-state index < -0.39 is 10.0 Å². The average molecular weight is 345 g/mol. The van der Waals surface area contributed by atoms with Crippen molar-refractivity contribution in [3.05, 3.63) is 47.9 Å². The van der Waals surface area contributed by atoms with Gasteiger partial charge in [-0.25, -0.2) is 18.4 Å². The van der Waals surface area contributed by atoms with Gasteiger partial charge in [-0.2, -0.15) is 9.57 Å². The summed E-state index contributed by atoms with van der Waals surface area (Å²) in [4.78, 5) is 8.24.